The molecule has 0 saturated heterocycles. The lowest BCUT2D eigenvalue weighted by molar-refractivity contribution is 0.601. The summed E-state index contributed by atoms with van der Waals surface area (Å²) in [5.41, 5.74) is 0. The van der Waals surface area contributed by atoms with E-state index < -0.39 is 10.0 Å². The second-order valence-electron chi connectivity index (χ2n) is 4.29. The Kier molecular flexibility index (Phi) is 3.48. The van der Waals surface area contributed by atoms with Crippen LogP contribution in [0.3, 0.4) is 0 Å². The van der Waals surface area contributed by atoms with Crippen LogP contribution in [0.15, 0.2) is 59.6 Å². The first-order valence-corrected chi connectivity index (χ1v) is 7.91. The van der Waals surface area contributed by atoms with E-state index in [2.05, 4.69) is 14.7 Å². The molecule has 7 heteroatoms. The van der Waals surface area contributed by atoms with Gasteiger partial charge in [-0.1, -0.05) is 48.0 Å². The van der Waals surface area contributed by atoms with Gasteiger partial charge in [0.2, 0.25) is 5.95 Å². The topological polar surface area (TPSA) is 72.0 Å². The molecule has 0 amide bonds. The van der Waals surface area contributed by atoms with E-state index in [0.717, 1.165) is 5.39 Å². The molecular weight excluding hydrogens is 310 g/mol. The molecule has 0 aliphatic rings. The third-order valence-electron chi connectivity index (χ3n) is 2.89. The van der Waals surface area contributed by atoms with Crippen LogP contribution in [0.2, 0.25) is 5.15 Å². The minimum absolute atomic E-state index is 0.0598. The fourth-order valence-corrected chi connectivity index (χ4v) is 3.31. The first kappa shape index (κ1) is 13.8. The molecule has 5 nitrogen and oxygen atoms in total. The Labute approximate surface area is 126 Å². The fourth-order valence-electron chi connectivity index (χ4n) is 1.99. The number of hydrogen-bond donors (Lipinski definition) is 1. The normalized spacial score (nSPS) is 11.5. The lowest BCUT2D eigenvalue weighted by Crippen LogP contribution is -2.15. The van der Waals surface area contributed by atoms with E-state index in [1.807, 2.05) is 18.2 Å². The SMILES string of the molecule is O=S(=O)(Nc1nccc(Cl)n1)c1cccc2ccccc12. The highest BCUT2D eigenvalue weighted by atomic mass is 35.5. The molecule has 0 spiro atoms. The summed E-state index contributed by atoms with van der Waals surface area (Å²) in [6, 6.07) is 13.8. The summed E-state index contributed by atoms with van der Waals surface area (Å²) >= 11 is 5.73. The maximum absolute atomic E-state index is 12.5. The van der Waals surface area contributed by atoms with Gasteiger partial charge in [0.25, 0.3) is 10.0 Å². The van der Waals surface area contributed by atoms with Gasteiger partial charge < -0.3 is 0 Å². The van der Waals surface area contributed by atoms with Gasteiger partial charge in [-0.3, -0.25) is 0 Å². The number of hydrogen-bond acceptors (Lipinski definition) is 4. The van der Waals surface area contributed by atoms with Gasteiger partial charge in [0.1, 0.15) is 5.15 Å². The van der Waals surface area contributed by atoms with Crippen LogP contribution in [0.4, 0.5) is 5.95 Å². The summed E-state index contributed by atoms with van der Waals surface area (Å²) in [5.74, 6) is -0.0598. The molecule has 1 heterocycles. The highest BCUT2D eigenvalue weighted by molar-refractivity contribution is 7.93. The first-order chi connectivity index (χ1) is 10.1. The van der Waals surface area contributed by atoms with Crippen LogP contribution in [0.5, 0.6) is 0 Å². The lowest BCUT2D eigenvalue weighted by atomic mass is 10.1. The molecule has 0 fully saturated rings. The molecule has 2 aromatic carbocycles. The molecule has 0 unspecified atom stereocenters. The van der Waals surface area contributed by atoms with Gasteiger partial charge in [-0.25, -0.2) is 23.1 Å². The molecule has 1 N–H and O–H groups in total. The van der Waals surface area contributed by atoms with Gasteiger partial charge in [-0.15, -0.1) is 0 Å². The van der Waals surface area contributed by atoms with Gasteiger partial charge >= 0.3 is 0 Å². The van der Waals surface area contributed by atoms with E-state index in [1.165, 1.54) is 18.3 Å². The number of anilines is 1. The molecule has 0 saturated carbocycles. The second-order valence-corrected chi connectivity index (χ2v) is 6.32. The van der Waals surface area contributed by atoms with Crippen molar-refractivity contribution in [3.8, 4) is 0 Å². The van der Waals surface area contributed by atoms with Gasteiger partial charge in [-0.2, -0.15) is 0 Å². The number of nitrogens with zero attached hydrogens (tertiary/aromatic N) is 2. The molecule has 3 aromatic rings. The third-order valence-corrected chi connectivity index (χ3v) is 4.48. The van der Waals surface area contributed by atoms with Crippen LogP contribution < -0.4 is 4.72 Å². The second kappa shape index (κ2) is 5.31. The number of halogens is 1. The summed E-state index contributed by atoms with van der Waals surface area (Å²) in [5, 5.41) is 1.64. The smallest absolute Gasteiger partial charge is 0.247 e. The van der Waals surface area contributed by atoms with Crippen molar-refractivity contribution in [2.45, 2.75) is 4.90 Å². The van der Waals surface area contributed by atoms with Gasteiger partial charge in [0, 0.05) is 11.6 Å². The molecule has 106 valence electrons. The van der Waals surface area contributed by atoms with Crippen molar-refractivity contribution in [2.24, 2.45) is 0 Å². The molecular formula is C14H10ClN3O2S. The maximum Gasteiger partial charge on any atom is 0.264 e. The van der Waals surface area contributed by atoms with Crippen molar-refractivity contribution in [3.05, 3.63) is 59.9 Å². The van der Waals surface area contributed by atoms with E-state index in [0.29, 0.717) is 5.39 Å². The molecule has 0 bridgehead atoms. The van der Waals surface area contributed by atoms with Crippen molar-refractivity contribution < 1.29 is 8.42 Å². The van der Waals surface area contributed by atoms with E-state index in [9.17, 15) is 8.42 Å². The van der Waals surface area contributed by atoms with E-state index in [-0.39, 0.29) is 16.0 Å². The van der Waals surface area contributed by atoms with E-state index in [1.54, 1.807) is 18.2 Å². The molecule has 3 rings (SSSR count). The highest BCUT2D eigenvalue weighted by Crippen LogP contribution is 2.24. The van der Waals surface area contributed by atoms with Crippen LogP contribution in [0.1, 0.15) is 0 Å². The maximum atomic E-state index is 12.5. The summed E-state index contributed by atoms with van der Waals surface area (Å²) in [6.07, 6.45) is 1.39. The Balaban J connectivity index is 2.09. The van der Waals surface area contributed by atoms with Crippen molar-refractivity contribution >= 4 is 38.3 Å². The molecule has 0 radical (unpaired) electrons. The zero-order chi connectivity index (χ0) is 14.9. The van der Waals surface area contributed by atoms with E-state index in [4.69, 9.17) is 11.6 Å². The Bertz CT molecular complexity index is 907. The Hall–Kier alpha value is -2.18. The van der Waals surface area contributed by atoms with Gasteiger partial charge in [0.05, 0.1) is 4.90 Å². The van der Waals surface area contributed by atoms with Crippen LogP contribution >= 0.6 is 11.6 Å². The fraction of sp³-hybridized carbons (Fsp3) is 0. The number of nitrogens with one attached hydrogen (secondary N) is 1. The van der Waals surface area contributed by atoms with Crippen LogP contribution in [0.25, 0.3) is 10.8 Å². The highest BCUT2D eigenvalue weighted by Gasteiger charge is 2.18. The van der Waals surface area contributed by atoms with Crippen molar-refractivity contribution in [2.75, 3.05) is 4.72 Å². The molecule has 0 aliphatic heterocycles. The zero-order valence-corrected chi connectivity index (χ0v) is 12.3. The third kappa shape index (κ3) is 2.81. The van der Waals surface area contributed by atoms with Crippen molar-refractivity contribution in [1.82, 2.24) is 9.97 Å². The average molecular weight is 320 g/mol. The summed E-state index contributed by atoms with van der Waals surface area (Å²) in [7, 11) is -3.79. The largest absolute Gasteiger partial charge is 0.264 e. The van der Waals surface area contributed by atoms with Gasteiger partial charge in [-0.05, 0) is 17.5 Å². The minimum Gasteiger partial charge on any atom is -0.247 e. The summed E-state index contributed by atoms with van der Waals surface area (Å²) in [4.78, 5) is 7.84. The number of sulfonamides is 1. The molecule has 1 aromatic heterocycles. The number of fused-ring (bicyclic) bond motifs is 1. The zero-order valence-electron chi connectivity index (χ0n) is 10.7. The predicted molar refractivity (Wildman–Crippen MR) is 81.8 cm³/mol. The predicted octanol–water partition coefficient (Wildman–Crippen LogP) is 3.08. The van der Waals surface area contributed by atoms with E-state index >= 15 is 0 Å². The van der Waals surface area contributed by atoms with Crippen LogP contribution in [-0.2, 0) is 10.0 Å². The molecule has 0 aliphatic carbocycles. The molecule has 21 heavy (non-hydrogen) atoms. The number of benzene rings is 2. The Morgan fingerprint density at radius 3 is 2.57 bits per heavy atom. The lowest BCUT2D eigenvalue weighted by Gasteiger charge is -2.09. The average Bonchev–Trinajstić information content (AvgIpc) is 2.46. The first-order valence-electron chi connectivity index (χ1n) is 6.05. The number of rotatable bonds is 3. The summed E-state index contributed by atoms with van der Waals surface area (Å²) < 4.78 is 27.3. The minimum atomic E-state index is -3.79. The summed E-state index contributed by atoms with van der Waals surface area (Å²) in [6.45, 7) is 0. The standard InChI is InChI=1S/C14H10ClN3O2S/c15-13-8-9-16-14(17-13)18-21(19,20)12-7-3-5-10-4-1-2-6-11(10)12/h1-9H,(H,16,17,18). The Morgan fingerprint density at radius 2 is 1.76 bits per heavy atom. The van der Waals surface area contributed by atoms with Crippen LogP contribution in [0, 0.1) is 0 Å². The Morgan fingerprint density at radius 1 is 1.00 bits per heavy atom. The molecule has 0 atom stereocenters. The van der Waals surface area contributed by atoms with Crippen molar-refractivity contribution in [3.63, 3.8) is 0 Å². The van der Waals surface area contributed by atoms with Gasteiger partial charge in [0.15, 0.2) is 0 Å². The quantitative estimate of drug-likeness (QED) is 0.753. The number of aromatic nitrogens is 2. The monoisotopic (exact) mass is 319 g/mol. The van der Waals surface area contributed by atoms with Crippen LogP contribution in [-0.4, -0.2) is 18.4 Å². The van der Waals surface area contributed by atoms with Crippen molar-refractivity contribution in [1.29, 1.82) is 0 Å².